The minimum Gasteiger partial charge on any atom is -0.508 e. The van der Waals surface area contributed by atoms with Gasteiger partial charge in [0.15, 0.2) is 23.0 Å². The van der Waals surface area contributed by atoms with Crippen LogP contribution in [0.5, 0.6) is 69.0 Å². The highest BCUT2D eigenvalue weighted by Crippen LogP contribution is 2.49. The molecular weight excluding hydrogens is 1250 g/mol. The first kappa shape index (κ1) is 61.3. The Morgan fingerprint density at radius 2 is 1.03 bits per heavy atom. The van der Waals surface area contributed by atoms with Crippen molar-refractivity contribution in [3.63, 3.8) is 0 Å². The van der Waals surface area contributed by atoms with Gasteiger partial charge in [0.25, 0.3) is 0 Å². The quantitative estimate of drug-likeness (QED) is 0.0391. The SMILES string of the molecule is Cc1c(O)cc2cc1C1NC(=O)C(NC(=O)C(C)c3ccc(O)c(c3)O2)C(S(=S)(=S)S)c2ccc(cc2)Oc2cc3cc(c2OS)Oc2ccc(cc2)C(O)C2NC(=O)C(NC(=O)C3NC1=O)c1ccc(O)c(c1)-c1c(cc(O)c(C)c1O)C(C=O)NC2=O. The van der Waals surface area contributed by atoms with Crippen LogP contribution in [0.15, 0.2) is 115 Å². The molecule has 0 saturated carbocycles. The van der Waals surface area contributed by atoms with Gasteiger partial charge in [0.05, 0.1) is 11.2 Å². The van der Waals surface area contributed by atoms with Gasteiger partial charge in [0.2, 0.25) is 41.2 Å². The van der Waals surface area contributed by atoms with Gasteiger partial charge in [0, 0.05) is 35.7 Å². The summed E-state index contributed by atoms with van der Waals surface area (Å²) in [6, 6.07) is 13.6. The number of rotatable bonds is 3. The van der Waals surface area contributed by atoms with Gasteiger partial charge >= 0.3 is 0 Å². The van der Waals surface area contributed by atoms with Gasteiger partial charge in [0.1, 0.15) is 88.9 Å². The highest BCUT2D eigenvalue weighted by atomic mass is 33.5. The molecule has 0 fully saturated rings. The summed E-state index contributed by atoms with van der Waals surface area (Å²) in [5.41, 5.74) is -0.890. The third-order valence-corrected chi connectivity index (χ3v) is 19.2. The van der Waals surface area contributed by atoms with Crippen molar-refractivity contribution in [2.75, 3.05) is 0 Å². The van der Waals surface area contributed by atoms with E-state index < -0.39 is 118 Å². The zero-order valence-corrected chi connectivity index (χ0v) is 50.8. The minimum atomic E-state index is -3.12. The van der Waals surface area contributed by atoms with Crippen molar-refractivity contribution >= 4 is 94.9 Å². The zero-order valence-electron chi connectivity index (χ0n) is 46.5. The Bertz CT molecular complexity index is 4270. The number of nitrogens with one attached hydrogen (secondary N) is 6. The Hall–Kier alpha value is -9.32. The van der Waals surface area contributed by atoms with E-state index in [1.54, 1.807) is 0 Å². The lowest BCUT2D eigenvalue weighted by Crippen LogP contribution is -2.55. The number of amides is 6. The highest BCUT2D eigenvalue weighted by Gasteiger charge is 2.43. The van der Waals surface area contributed by atoms with Crippen molar-refractivity contribution in [1.29, 1.82) is 0 Å². The molecule has 9 atom stereocenters. The van der Waals surface area contributed by atoms with Gasteiger partial charge in [-0.2, -0.15) is 0 Å². The van der Waals surface area contributed by atoms with Crippen molar-refractivity contribution < 1.29 is 82.6 Å². The molecule has 0 radical (unpaired) electrons. The Morgan fingerprint density at radius 1 is 0.517 bits per heavy atom. The lowest BCUT2D eigenvalue weighted by Gasteiger charge is -2.33. The maximum Gasteiger partial charge on any atom is 0.248 e. The molecule has 89 heavy (non-hydrogen) atoms. The standard InChI is InChI=1S/C61H52N6O17S5/c1-24-29-8-15-40(70)43(17-29)83-34-20-35(25(2)41(71)21-34)49-59(78)64-48-31-18-44(54(84-85)45(19-31)82-33-12-6-28(7-13-33)55(89(86,87)88)51(61(80)65-49)67-56(24)75)81-32-10-4-27(5-11-32)53(74)50-60(79)62-38(23-68)36-22-42(72)26(3)52(73)46(36)37-16-30(9-14-39(37)69)47(57(76)66-50)63-58(48)77/h4-24,38,47-51,53,55,69-74,85H,1-3H3,(H,62,79)(H,63,77)(H,64,78)(H,65,80)(H,66,76)(H,67,75)(H,86,87,88). The molecule has 458 valence electrons. The van der Waals surface area contributed by atoms with Crippen LogP contribution >= 0.6 is 24.6 Å². The lowest BCUT2D eigenvalue weighted by molar-refractivity contribution is -0.136. The van der Waals surface area contributed by atoms with Crippen molar-refractivity contribution in [3.8, 4) is 80.1 Å². The average Bonchev–Trinajstić information content (AvgIpc) is 0.832. The van der Waals surface area contributed by atoms with Gasteiger partial charge < -0.3 is 85.7 Å². The number of phenols is 5. The largest absolute Gasteiger partial charge is 0.508 e. The summed E-state index contributed by atoms with van der Waals surface area (Å²) in [6.07, 6.45) is -4.80. The van der Waals surface area contributed by atoms with Crippen LogP contribution in [0.4, 0.5) is 0 Å². The summed E-state index contributed by atoms with van der Waals surface area (Å²) in [5.74, 6) is -11.3. The Kier molecular flexibility index (Phi) is 16.5. The second-order valence-corrected chi connectivity index (χ2v) is 30.1. The summed E-state index contributed by atoms with van der Waals surface area (Å²) >= 11 is 20.7. The molecule has 0 aromatic heterocycles. The summed E-state index contributed by atoms with van der Waals surface area (Å²) < 4.78 is 24.7. The van der Waals surface area contributed by atoms with E-state index >= 15 is 19.2 Å². The number of benzene rings is 7. The van der Waals surface area contributed by atoms with Gasteiger partial charge in [-0.25, -0.2) is 0 Å². The topological polar surface area (TPSA) is 350 Å². The molecule has 6 heterocycles. The van der Waals surface area contributed by atoms with E-state index in [9.17, 15) is 45.0 Å². The molecule has 0 saturated heterocycles. The molecule has 13 rings (SSSR count). The van der Waals surface area contributed by atoms with Gasteiger partial charge in [-0.15, -0.1) is 11.7 Å². The lowest BCUT2D eigenvalue weighted by atomic mass is 9.88. The summed E-state index contributed by atoms with van der Waals surface area (Å²) in [6.45, 7) is 4.26. The van der Waals surface area contributed by atoms with Crippen molar-refractivity contribution in [1.82, 2.24) is 31.9 Å². The van der Waals surface area contributed by atoms with Crippen molar-refractivity contribution in [2.24, 2.45) is 0 Å². The predicted molar refractivity (Wildman–Crippen MR) is 332 cm³/mol. The third kappa shape index (κ3) is 11.7. The molecule has 7 aromatic carbocycles. The molecule has 7 aromatic rings. The van der Waals surface area contributed by atoms with Crippen LogP contribution in [0.25, 0.3) is 11.1 Å². The van der Waals surface area contributed by atoms with Crippen LogP contribution < -0.4 is 50.3 Å². The van der Waals surface area contributed by atoms with E-state index in [0.717, 1.165) is 12.1 Å². The number of ether oxygens (including phenoxy) is 3. The van der Waals surface area contributed by atoms with Crippen LogP contribution in [-0.4, -0.2) is 84.5 Å². The molecular formula is C61H52N6O17S5. The number of fused-ring (bicyclic) bond motifs is 14. The summed E-state index contributed by atoms with van der Waals surface area (Å²) in [5, 5.41) is 83.8. The molecule has 28 heteroatoms. The van der Waals surface area contributed by atoms with Crippen molar-refractivity contribution in [3.05, 3.63) is 165 Å². The van der Waals surface area contributed by atoms with Crippen molar-refractivity contribution in [2.45, 2.75) is 74.3 Å². The normalized spacial score (nSPS) is 22.6. The number of hydrogen-bond donors (Lipinski definition) is 14. The predicted octanol–water partition coefficient (Wildman–Crippen LogP) is 6.45. The van der Waals surface area contributed by atoms with Crippen LogP contribution in [-0.2, 0) is 62.1 Å². The number of thiol groups is 2. The number of carbonyl (C=O) groups excluding carboxylic acids is 7. The van der Waals surface area contributed by atoms with Gasteiger partial charge in [-0.05, 0) is 167 Å². The molecule has 12 N–H and O–H groups in total. The Morgan fingerprint density at radius 3 is 1.66 bits per heavy atom. The molecule has 6 amide bonds. The first-order valence-electron chi connectivity index (χ1n) is 27.0. The molecule has 17 bridgehead atoms. The van der Waals surface area contributed by atoms with Crippen LogP contribution in [0.1, 0.15) is 98.4 Å². The number of aromatic hydroxyl groups is 5. The summed E-state index contributed by atoms with van der Waals surface area (Å²) in [4.78, 5) is 105. The average molecular weight is 1300 g/mol. The number of aliphatic hydroxyl groups excluding tert-OH is 1. The number of aldehydes is 1. The fourth-order valence-corrected chi connectivity index (χ4v) is 14.3. The third-order valence-electron chi connectivity index (χ3n) is 15.9. The number of hydrogen-bond acceptors (Lipinski definition) is 20. The second-order valence-electron chi connectivity index (χ2n) is 21.4. The van der Waals surface area contributed by atoms with E-state index in [-0.39, 0.29) is 108 Å². The number of aliphatic hydroxyl groups is 1. The minimum absolute atomic E-state index is 0.00787. The number of carbonyl (C=O) groups is 7. The fourth-order valence-electron chi connectivity index (χ4n) is 11.0. The van der Waals surface area contributed by atoms with E-state index in [0.29, 0.717) is 5.56 Å². The molecule has 0 aliphatic carbocycles. The maximum absolute atomic E-state index is 15.9. The molecule has 6 aliphatic heterocycles. The Labute approximate surface area is 526 Å². The van der Waals surface area contributed by atoms with Crippen LogP contribution in [0.2, 0.25) is 0 Å². The second kappa shape index (κ2) is 24.0. The van der Waals surface area contributed by atoms with Gasteiger partial charge in [-0.3, -0.25) is 28.8 Å². The molecule has 6 aliphatic rings. The molecule has 23 nitrogen and oxygen atoms in total. The summed E-state index contributed by atoms with van der Waals surface area (Å²) in [7, 11) is 0. The van der Waals surface area contributed by atoms with Gasteiger partial charge in [-0.1, -0.05) is 36.4 Å². The highest BCUT2D eigenvalue weighted by molar-refractivity contribution is 8.93. The fraction of sp³-hybridized carbons (Fsp3) is 0.197. The smallest absolute Gasteiger partial charge is 0.248 e. The number of phenolic OH excluding ortho intramolecular Hbond substituents is 5. The molecule has 9 unspecified atom stereocenters. The van der Waals surface area contributed by atoms with E-state index in [2.05, 4.69) is 44.8 Å². The van der Waals surface area contributed by atoms with Crippen LogP contribution in [0.3, 0.4) is 0 Å². The monoisotopic (exact) mass is 1300 g/mol. The van der Waals surface area contributed by atoms with E-state index in [4.69, 9.17) is 52.4 Å². The van der Waals surface area contributed by atoms with Crippen LogP contribution in [0, 0.1) is 13.8 Å². The van der Waals surface area contributed by atoms with E-state index in [1.165, 1.54) is 124 Å². The molecule has 0 spiro atoms. The first-order chi connectivity index (χ1) is 42.3. The zero-order chi connectivity index (χ0) is 63.7. The maximum atomic E-state index is 15.9. The van der Waals surface area contributed by atoms with E-state index in [1.807, 2.05) is 0 Å². The first-order valence-corrected chi connectivity index (χ1v) is 32.0. The Balaban J connectivity index is 1.17.